The molecule has 21 heavy (non-hydrogen) atoms. The van der Waals surface area contributed by atoms with Crippen LogP contribution in [-0.2, 0) is 0 Å². The van der Waals surface area contributed by atoms with E-state index in [-0.39, 0.29) is 11.8 Å². The van der Waals surface area contributed by atoms with Crippen LogP contribution in [0.25, 0.3) is 10.6 Å². The molecule has 3 N–H and O–H groups in total. The number of rotatable bonds is 7. The molecule has 6 heteroatoms. The fourth-order valence-electron chi connectivity index (χ4n) is 2.13. The highest BCUT2D eigenvalue weighted by molar-refractivity contribution is 7.13. The molecule has 0 aromatic carbocycles. The van der Waals surface area contributed by atoms with Crippen molar-refractivity contribution in [2.75, 3.05) is 12.3 Å². The molecule has 2 rings (SSSR count). The first kappa shape index (κ1) is 15.6. The number of nitrogens with zero attached hydrogens (tertiary/aromatic N) is 1. The summed E-state index contributed by atoms with van der Waals surface area (Å²) in [5.41, 5.74) is 7.70. The first-order valence-electron chi connectivity index (χ1n) is 7.23. The molecule has 0 spiro atoms. The minimum atomic E-state index is -0.215. The molecular weight excluding hydrogens is 286 g/mol. The number of aromatic nitrogens is 1. The Kier molecular flexibility index (Phi) is 5.38. The van der Waals surface area contributed by atoms with Crippen LogP contribution in [0.5, 0.6) is 0 Å². The summed E-state index contributed by atoms with van der Waals surface area (Å²) < 4.78 is 5.01. The van der Waals surface area contributed by atoms with Crippen molar-refractivity contribution in [3.63, 3.8) is 0 Å². The predicted molar refractivity (Wildman–Crippen MR) is 85.4 cm³/mol. The molecule has 0 aliphatic rings. The predicted octanol–water partition coefficient (Wildman–Crippen LogP) is 3.60. The second-order valence-electron chi connectivity index (χ2n) is 5.02. The average molecular weight is 307 g/mol. The van der Waals surface area contributed by atoms with E-state index in [1.807, 2.05) is 18.4 Å². The topological polar surface area (TPSA) is 81.2 Å². The van der Waals surface area contributed by atoms with Gasteiger partial charge >= 0.3 is 0 Å². The number of nitrogen functional groups attached to an aromatic ring is 1. The van der Waals surface area contributed by atoms with E-state index >= 15 is 0 Å². The third-order valence-electron chi connectivity index (χ3n) is 3.34. The summed E-state index contributed by atoms with van der Waals surface area (Å²) in [7, 11) is 0. The van der Waals surface area contributed by atoms with Crippen LogP contribution in [0.4, 0.5) is 5.88 Å². The van der Waals surface area contributed by atoms with Gasteiger partial charge in [0.15, 0.2) is 0 Å². The summed E-state index contributed by atoms with van der Waals surface area (Å²) in [4.78, 5) is 13.2. The minimum absolute atomic E-state index is 0.0730. The van der Waals surface area contributed by atoms with Crippen LogP contribution < -0.4 is 11.1 Å². The number of thiophene rings is 1. The number of hydrogen-bond donors (Lipinski definition) is 2. The Morgan fingerprint density at radius 2 is 2.24 bits per heavy atom. The van der Waals surface area contributed by atoms with E-state index in [9.17, 15) is 4.79 Å². The molecule has 0 unspecified atom stereocenters. The lowest BCUT2D eigenvalue weighted by atomic mass is 10.1. The normalized spacial score (nSPS) is 10.8. The van der Waals surface area contributed by atoms with Crippen molar-refractivity contribution in [2.45, 2.75) is 39.5 Å². The van der Waals surface area contributed by atoms with Gasteiger partial charge in [-0.05, 0) is 30.4 Å². The highest BCUT2D eigenvalue weighted by atomic mass is 32.1. The first-order chi connectivity index (χ1) is 10.1. The zero-order valence-corrected chi connectivity index (χ0v) is 13.3. The van der Waals surface area contributed by atoms with Gasteiger partial charge in [0.1, 0.15) is 11.3 Å². The SMILES string of the molecule is CCCCCCNC(=O)c1c(-c2sccc2C)noc1N. The zero-order chi connectivity index (χ0) is 15.2. The maximum absolute atomic E-state index is 12.3. The standard InChI is InChI=1S/C15H21N3O2S/c1-3-4-5-6-8-17-15(19)11-12(18-20-14(11)16)13-10(2)7-9-21-13/h7,9H,3-6,8,16H2,1-2H3,(H,17,19). The number of nitrogens with two attached hydrogens (primary N) is 1. The summed E-state index contributed by atoms with van der Waals surface area (Å²) in [6.07, 6.45) is 4.45. The molecule has 0 bridgehead atoms. The molecule has 1 amide bonds. The van der Waals surface area contributed by atoms with Crippen molar-refractivity contribution in [1.82, 2.24) is 10.5 Å². The van der Waals surface area contributed by atoms with Crippen molar-refractivity contribution in [2.24, 2.45) is 0 Å². The van der Waals surface area contributed by atoms with Crippen LogP contribution in [-0.4, -0.2) is 17.6 Å². The fourth-order valence-corrected chi connectivity index (χ4v) is 3.05. The van der Waals surface area contributed by atoms with Gasteiger partial charge in [-0.2, -0.15) is 0 Å². The van der Waals surface area contributed by atoms with Crippen LogP contribution in [0.3, 0.4) is 0 Å². The summed E-state index contributed by atoms with van der Waals surface area (Å²) in [5, 5.41) is 8.80. The Bertz CT molecular complexity index is 604. The van der Waals surface area contributed by atoms with Gasteiger partial charge < -0.3 is 15.6 Å². The maximum atomic E-state index is 12.3. The number of carbonyl (C=O) groups excluding carboxylic acids is 1. The molecule has 2 heterocycles. The van der Waals surface area contributed by atoms with Gasteiger partial charge in [0.2, 0.25) is 5.88 Å². The molecule has 2 aromatic heterocycles. The van der Waals surface area contributed by atoms with E-state index in [0.29, 0.717) is 17.8 Å². The maximum Gasteiger partial charge on any atom is 0.259 e. The lowest BCUT2D eigenvalue weighted by molar-refractivity contribution is 0.0954. The Morgan fingerprint density at radius 1 is 1.43 bits per heavy atom. The van der Waals surface area contributed by atoms with Crippen LogP contribution >= 0.6 is 11.3 Å². The van der Waals surface area contributed by atoms with Crippen LogP contribution in [0.1, 0.15) is 48.5 Å². The van der Waals surface area contributed by atoms with E-state index in [0.717, 1.165) is 23.3 Å². The van der Waals surface area contributed by atoms with E-state index in [1.165, 1.54) is 24.2 Å². The molecule has 5 nitrogen and oxygen atoms in total. The zero-order valence-electron chi connectivity index (χ0n) is 12.4. The molecule has 0 fully saturated rings. The molecule has 2 aromatic rings. The van der Waals surface area contributed by atoms with Gasteiger partial charge in [-0.25, -0.2) is 0 Å². The Labute approximate surface area is 128 Å². The number of carbonyl (C=O) groups is 1. The van der Waals surface area contributed by atoms with Crippen LogP contribution in [0.2, 0.25) is 0 Å². The Morgan fingerprint density at radius 3 is 2.90 bits per heavy atom. The van der Waals surface area contributed by atoms with Crippen molar-refractivity contribution < 1.29 is 9.32 Å². The van der Waals surface area contributed by atoms with Crippen molar-refractivity contribution >= 4 is 23.1 Å². The lowest BCUT2D eigenvalue weighted by Crippen LogP contribution is -2.25. The number of aryl methyl sites for hydroxylation is 1. The highest BCUT2D eigenvalue weighted by Gasteiger charge is 2.23. The molecular formula is C15H21N3O2S. The summed E-state index contributed by atoms with van der Waals surface area (Å²) in [6, 6.07) is 1.98. The summed E-state index contributed by atoms with van der Waals surface area (Å²) in [5.74, 6) is -0.142. The molecule has 0 aliphatic carbocycles. The van der Waals surface area contributed by atoms with Gasteiger partial charge in [-0.3, -0.25) is 4.79 Å². The van der Waals surface area contributed by atoms with Gasteiger partial charge in [-0.1, -0.05) is 31.3 Å². The van der Waals surface area contributed by atoms with Crippen molar-refractivity contribution in [3.8, 4) is 10.6 Å². The van der Waals surface area contributed by atoms with E-state index in [4.69, 9.17) is 10.3 Å². The lowest BCUT2D eigenvalue weighted by Gasteiger charge is -2.05. The van der Waals surface area contributed by atoms with Gasteiger partial charge in [0.25, 0.3) is 5.91 Å². The van der Waals surface area contributed by atoms with Gasteiger partial charge in [0.05, 0.1) is 4.88 Å². The smallest absolute Gasteiger partial charge is 0.259 e. The molecule has 0 radical (unpaired) electrons. The van der Waals surface area contributed by atoms with E-state index < -0.39 is 0 Å². The summed E-state index contributed by atoms with van der Waals surface area (Å²) >= 11 is 1.52. The summed E-state index contributed by atoms with van der Waals surface area (Å²) in [6.45, 7) is 4.78. The second kappa shape index (κ2) is 7.26. The number of anilines is 1. The quantitative estimate of drug-likeness (QED) is 0.766. The minimum Gasteiger partial charge on any atom is -0.367 e. The molecule has 0 saturated carbocycles. The van der Waals surface area contributed by atoms with Gasteiger partial charge in [0, 0.05) is 6.54 Å². The van der Waals surface area contributed by atoms with Crippen molar-refractivity contribution in [1.29, 1.82) is 0 Å². The third-order valence-corrected chi connectivity index (χ3v) is 4.36. The fraction of sp³-hybridized carbons (Fsp3) is 0.467. The number of hydrogen-bond acceptors (Lipinski definition) is 5. The largest absolute Gasteiger partial charge is 0.367 e. The molecule has 0 atom stereocenters. The van der Waals surface area contributed by atoms with Gasteiger partial charge in [-0.15, -0.1) is 11.3 Å². The number of amides is 1. The van der Waals surface area contributed by atoms with E-state index in [2.05, 4.69) is 17.4 Å². The third kappa shape index (κ3) is 3.64. The second-order valence-corrected chi connectivity index (χ2v) is 5.94. The Hall–Kier alpha value is -1.82. The molecule has 0 aliphatic heterocycles. The molecule has 0 saturated heterocycles. The van der Waals surface area contributed by atoms with Crippen molar-refractivity contribution in [3.05, 3.63) is 22.6 Å². The monoisotopic (exact) mass is 307 g/mol. The number of nitrogens with one attached hydrogen (secondary N) is 1. The van der Waals surface area contributed by atoms with E-state index in [1.54, 1.807) is 0 Å². The van der Waals surface area contributed by atoms with Crippen LogP contribution in [0, 0.1) is 6.92 Å². The van der Waals surface area contributed by atoms with Crippen LogP contribution in [0.15, 0.2) is 16.0 Å². The first-order valence-corrected chi connectivity index (χ1v) is 8.11. The number of unbranched alkanes of at least 4 members (excludes halogenated alkanes) is 3. The highest BCUT2D eigenvalue weighted by Crippen LogP contribution is 2.33. The molecule has 114 valence electrons. The Balaban J connectivity index is 2.07. The average Bonchev–Trinajstić information content (AvgIpc) is 3.04.